The topological polar surface area (TPSA) is 60.9 Å². The number of anilines is 1. The average molecular weight is 139 g/mol. The van der Waals surface area contributed by atoms with Gasteiger partial charge in [0, 0.05) is 12.7 Å². The molecule has 0 aliphatic rings. The summed E-state index contributed by atoms with van der Waals surface area (Å²) in [6, 6.07) is 0. The molecule has 10 heavy (non-hydrogen) atoms. The lowest BCUT2D eigenvalue weighted by Crippen LogP contribution is -2.21. The summed E-state index contributed by atoms with van der Waals surface area (Å²) in [5.41, 5.74) is 5.64. The lowest BCUT2D eigenvalue weighted by Gasteiger charge is -1.98. The SMILES string of the molecule is CCn1cc(N)cnc1=O. The number of aromatic nitrogens is 2. The van der Waals surface area contributed by atoms with Gasteiger partial charge in [0.1, 0.15) is 0 Å². The second kappa shape index (κ2) is 2.51. The van der Waals surface area contributed by atoms with E-state index in [9.17, 15) is 4.79 Å². The Bertz CT molecular complexity index is 279. The highest BCUT2D eigenvalue weighted by Crippen LogP contribution is 1.91. The van der Waals surface area contributed by atoms with E-state index in [0.717, 1.165) is 0 Å². The highest BCUT2D eigenvalue weighted by molar-refractivity contribution is 5.29. The molecule has 0 fully saturated rings. The lowest BCUT2D eigenvalue weighted by molar-refractivity contribution is 0.701. The lowest BCUT2D eigenvalue weighted by atomic mass is 10.5. The van der Waals surface area contributed by atoms with Crippen LogP contribution in [0.25, 0.3) is 0 Å². The first-order chi connectivity index (χ1) is 4.74. The normalized spacial score (nSPS) is 9.70. The van der Waals surface area contributed by atoms with Gasteiger partial charge in [0.05, 0.1) is 11.9 Å². The van der Waals surface area contributed by atoms with Crippen LogP contribution < -0.4 is 11.4 Å². The highest BCUT2D eigenvalue weighted by Gasteiger charge is 1.92. The van der Waals surface area contributed by atoms with Crippen LogP contribution in [0.1, 0.15) is 6.92 Å². The number of nitrogens with zero attached hydrogens (tertiary/aromatic N) is 2. The molecule has 54 valence electrons. The Morgan fingerprint density at radius 2 is 2.50 bits per heavy atom. The maximum atomic E-state index is 10.8. The molecule has 4 heteroatoms. The van der Waals surface area contributed by atoms with Gasteiger partial charge in [-0.05, 0) is 6.92 Å². The van der Waals surface area contributed by atoms with Crippen LogP contribution in [0.15, 0.2) is 17.2 Å². The summed E-state index contributed by atoms with van der Waals surface area (Å²) < 4.78 is 1.45. The molecule has 4 nitrogen and oxygen atoms in total. The van der Waals surface area contributed by atoms with Crippen molar-refractivity contribution < 1.29 is 0 Å². The first kappa shape index (κ1) is 6.80. The van der Waals surface area contributed by atoms with E-state index in [-0.39, 0.29) is 5.69 Å². The maximum Gasteiger partial charge on any atom is 0.347 e. The smallest absolute Gasteiger partial charge is 0.347 e. The highest BCUT2D eigenvalue weighted by atomic mass is 16.1. The average Bonchev–Trinajstić information content (AvgIpc) is 1.94. The Morgan fingerprint density at radius 1 is 1.80 bits per heavy atom. The molecule has 0 aliphatic heterocycles. The van der Waals surface area contributed by atoms with Crippen molar-refractivity contribution in [3.63, 3.8) is 0 Å². The maximum absolute atomic E-state index is 10.8. The van der Waals surface area contributed by atoms with Crippen LogP contribution in [0.5, 0.6) is 0 Å². The van der Waals surface area contributed by atoms with Crippen LogP contribution in [-0.4, -0.2) is 9.55 Å². The molecule has 0 unspecified atom stereocenters. The second-order valence-corrected chi connectivity index (χ2v) is 1.96. The van der Waals surface area contributed by atoms with Crippen LogP contribution in [0.3, 0.4) is 0 Å². The molecule has 2 N–H and O–H groups in total. The monoisotopic (exact) mass is 139 g/mol. The zero-order valence-corrected chi connectivity index (χ0v) is 5.74. The summed E-state index contributed by atoms with van der Waals surface area (Å²) >= 11 is 0. The summed E-state index contributed by atoms with van der Waals surface area (Å²) in [7, 11) is 0. The third kappa shape index (κ3) is 1.15. The van der Waals surface area contributed by atoms with Gasteiger partial charge >= 0.3 is 5.69 Å². The van der Waals surface area contributed by atoms with E-state index in [2.05, 4.69) is 4.98 Å². The molecule has 0 bridgehead atoms. The van der Waals surface area contributed by atoms with Crippen molar-refractivity contribution >= 4 is 5.69 Å². The molecule has 1 aromatic rings. The van der Waals surface area contributed by atoms with Crippen LogP contribution in [0.2, 0.25) is 0 Å². The van der Waals surface area contributed by atoms with E-state index in [1.807, 2.05) is 6.92 Å². The molecule has 0 radical (unpaired) electrons. The number of nitrogen functional groups attached to an aromatic ring is 1. The Morgan fingerprint density at radius 3 is 3.00 bits per heavy atom. The van der Waals surface area contributed by atoms with Crippen LogP contribution in [-0.2, 0) is 6.54 Å². The fourth-order valence-corrected chi connectivity index (χ4v) is 0.699. The van der Waals surface area contributed by atoms with Gasteiger partial charge in [0.25, 0.3) is 0 Å². The fourth-order valence-electron chi connectivity index (χ4n) is 0.699. The minimum atomic E-state index is -0.253. The number of aryl methyl sites for hydroxylation is 1. The summed E-state index contributed by atoms with van der Waals surface area (Å²) in [4.78, 5) is 14.3. The van der Waals surface area contributed by atoms with E-state index < -0.39 is 0 Å². The van der Waals surface area contributed by atoms with Crippen molar-refractivity contribution in [2.24, 2.45) is 0 Å². The van der Waals surface area contributed by atoms with E-state index in [1.54, 1.807) is 6.20 Å². The summed E-state index contributed by atoms with van der Waals surface area (Å²) in [5.74, 6) is 0. The van der Waals surface area contributed by atoms with Crippen molar-refractivity contribution in [3.05, 3.63) is 22.9 Å². The first-order valence-corrected chi connectivity index (χ1v) is 3.06. The third-order valence-electron chi connectivity index (χ3n) is 1.22. The molecular formula is C6H9N3O. The van der Waals surface area contributed by atoms with Crippen molar-refractivity contribution in [2.75, 3.05) is 5.73 Å². The minimum Gasteiger partial charge on any atom is -0.396 e. The largest absolute Gasteiger partial charge is 0.396 e. The standard InChI is InChI=1S/C6H9N3O/c1-2-9-4-5(7)3-8-6(9)10/h3-4H,2,7H2,1H3. The van der Waals surface area contributed by atoms with Gasteiger partial charge in [-0.15, -0.1) is 0 Å². The number of hydrogen-bond donors (Lipinski definition) is 1. The molecule has 0 amide bonds. The molecule has 0 saturated heterocycles. The van der Waals surface area contributed by atoms with Gasteiger partial charge in [-0.2, -0.15) is 4.98 Å². The molecule has 0 aliphatic carbocycles. The predicted molar refractivity (Wildman–Crippen MR) is 38.6 cm³/mol. The van der Waals surface area contributed by atoms with E-state index in [1.165, 1.54) is 10.8 Å². The Hall–Kier alpha value is -1.32. The van der Waals surface area contributed by atoms with Crippen molar-refractivity contribution in [3.8, 4) is 0 Å². The summed E-state index contributed by atoms with van der Waals surface area (Å²) in [5, 5.41) is 0. The minimum absolute atomic E-state index is 0.253. The van der Waals surface area contributed by atoms with Crippen molar-refractivity contribution in [2.45, 2.75) is 13.5 Å². The molecule has 1 aromatic heterocycles. The molecule has 0 saturated carbocycles. The van der Waals surface area contributed by atoms with E-state index in [4.69, 9.17) is 5.73 Å². The Kier molecular flexibility index (Phi) is 1.71. The number of rotatable bonds is 1. The molecule has 1 heterocycles. The Balaban J connectivity index is 3.22. The predicted octanol–water partition coefficient (Wildman–Crippen LogP) is -0.155. The summed E-state index contributed by atoms with van der Waals surface area (Å²) in [6.45, 7) is 2.47. The number of hydrogen-bond acceptors (Lipinski definition) is 3. The van der Waals surface area contributed by atoms with Crippen molar-refractivity contribution in [1.29, 1.82) is 0 Å². The van der Waals surface area contributed by atoms with Gasteiger partial charge in [0.2, 0.25) is 0 Å². The zero-order chi connectivity index (χ0) is 7.56. The summed E-state index contributed by atoms with van der Waals surface area (Å²) in [6.07, 6.45) is 2.93. The Labute approximate surface area is 58.3 Å². The molecule has 0 spiro atoms. The van der Waals surface area contributed by atoms with Gasteiger partial charge < -0.3 is 5.73 Å². The van der Waals surface area contributed by atoms with Crippen LogP contribution in [0, 0.1) is 0 Å². The molecule has 0 aromatic carbocycles. The van der Waals surface area contributed by atoms with Gasteiger partial charge in [-0.1, -0.05) is 0 Å². The fraction of sp³-hybridized carbons (Fsp3) is 0.333. The number of nitrogens with two attached hydrogens (primary N) is 1. The molecule has 0 atom stereocenters. The van der Waals surface area contributed by atoms with E-state index >= 15 is 0 Å². The molecular weight excluding hydrogens is 130 g/mol. The van der Waals surface area contributed by atoms with Crippen LogP contribution >= 0.6 is 0 Å². The van der Waals surface area contributed by atoms with Gasteiger partial charge in [-0.25, -0.2) is 4.79 Å². The zero-order valence-electron chi connectivity index (χ0n) is 5.74. The quantitative estimate of drug-likeness (QED) is 0.588. The van der Waals surface area contributed by atoms with Crippen molar-refractivity contribution in [1.82, 2.24) is 9.55 Å². The van der Waals surface area contributed by atoms with Gasteiger partial charge in [-0.3, -0.25) is 4.57 Å². The second-order valence-electron chi connectivity index (χ2n) is 1.96. The van der Waals surface area contributed by atoms with E-state index in [0.29, 0.717) is 12.2 Å². The van der Waals surface area contributed by atoms with Crippen LogP contribution in [0.4, 0.5) is 5.69 Å². The first-order valence-electron chi connectivity index (χ1n) is 3.06. The third-order valence-corrected chi connectivity index (χ3v) is 1.22. The molecule has 1 rings (SSSR count). The van der Waals surface area contributed by atoms with Gasteiger partial charge in [0.15, 0.2) is 0 Å².